The molecule has 1 rings (SSSR count). The Morgan fingerprint density at radius 1 is 0.720 bits per heavy atom. The van der Waals surface area contributed by atoms with E-state index in [0.29, 0.717) is 6.04 Å². The summed E-state index contributed by atoms with van der Waals surface area (Å²) in [6.45, 7) is 32.9. The molecule has 0 aromatic heterocycles. The summed E-state index contributed by atoms with van der Waals surface area (Å²) in [5.74, 6) is 0. The van der Waals surface area contributed by atoms with E-state index in [2.05, 4.69) is 102 Å². The van der Waals surface area contributed by atoms with Gasteiger partial charge in [-0.3, -0.25) is 0 Å². The van der Waals surface area contributed by atoms with Gasteiger partial charge in [-0.2, -0.15) is 0 Å². The molecule has 0 aromatic rings. The molecule has 0 unspecified atom stereocenters. The lowest BCUT2D eigenvalue weighted by Crippen LogP contribution is -2.74. The Bertz CT molecular complexity index is 449. The number of nitrogens with one attached hydrogen (secondary N) is 1. The van der Waals surface area contributed by atoms with E-state index in [0.717, 1.165) is 6.42 Å². The van der Waals surface area contributed by atoms with E-state index in [1.165, 1.54) is 0 Å². The molecule has 1 fully saturated rings. The zero-order valence-electron chi connectivity index (χ0n) is 19.8. The highest BCUT2D eigenvalue weighted by Crippen LogP contribution is 2.65. The summed E-state index contributed by atoms with van der Waals surface area (Å²) in [5, 5.41) is 4.06. The van der Waals surface area contributed by atoms with Gasteiger partial charge < -0.3 is 10.1 Å². The molecule has 0 spiro atoms. The van der Waals surface area contributed by atoms with Crippen LogP contribution in [0.15, 0.2) is 0 Å². The van der Waals surface area contributed by atoms with Crippen LogP contribution in [0.5, 0.6) is 0 Å². The van der Waals surface area contributed by atoms with Crippen LogP contribution in [-0.4, -0.2) is 23.3 Å². The minimum absolute atomic E-state index is 0.0424. The van der Waals surface area contributed by atoms with Gasteiger partial charge in [0.2, 0.25) is 0 Å². The average molecular weight is 354 g/mol. The molecule has 0 amide bonds. The molecule has 0 saturated heterocycles. The van der Waals surface area contributed by atoms with E-state index in [4.69, 9.17) is 4.74 Å². The summed E-state index contributed by atoms with van der Waals surface area (Å²) in [4.78, 5) is 0. The monoisotopic (exact) mass is 353 g/mol. The van der Waals surface area contributed by atoms with Crippen molar-refractivity contribution in [3.63, 3.8) is 0 Å². The van der Waals surface area contributed by atoms with Crippen molar-refractivity contribution in [3.05, 3.63) is 0 Å². The molecule has 0 heterocycles. The van der Waals surface area contributed by atoms with E-state index >= 15 is 0 Å². The highest BCUT2D eigenvalue weighted by Gasteiger charge is 2.66. The normalized spacial score (nSPS) is 31.0. The lowest BCUT2D eigenvalue weighted by Gasteiger charge is -2.69. The van der Waals surface area contributed by atoms with E-state index in [-0.39, 0.29) is 38.9 Å². The SMILES string of the molecule is CCC(C)(C)NC1C(C)(C)C(C)(C)C(OC(C)(C)C)C(C)(C)C1(C)C. The van der Waals surface area contributed by atoms with Gasteiger partial charge in [-0.25, -0.2) is 0 Å². The fourth-order valence-electron chi connectivity index (χ4n) is 4.73. The number of hydrogen-bond acceptors (Lipinski definition) is 2. The van der Waals surface area contributed by atoms with Crippen molar-refractivity contribution in [2.24, 2.45) is 21.7 Å². The summed E-state index contributed by atoms with van der Waals surface area (Å²) in [6, 6.07) is 0.403. The lowest BCUT2D eigenvalue weighted by molar-refractivity contribution is -0.264. The quantitative estimate of drug-likeness (QED) is 0.628. The zero-order valence-corrected chi connectivity index (χ0v) is 19.8. The second kappa shape index (κ2) is 6.23. The first-order valence-electron chi connectivity index (χ1n) is 10.2. The summed E-state index contributed by atoms with van der Waals surface area (Å²) >= 11 is 0. The van der Waals surface area contributed by atoms with E-state index in [9.17, 15) is 0 Å². The van der Waals surface area contributed by atoms with Gasteiger partial charge in [0.05, 0.1) is 11.7 Å². The second-order valence-corrected chi connectivity index (χ2v) is 12.3. The highest BCUT2D eigenvalue weighted by molar-refractivity contribution is 5.17. The smallest absolute Gasteiger partial charge is 0.0695 e. The molecule has 2 nitrogen and oxygen atoms in total. The van der Waals surface area contributed by atoms with Crippen molar-refractivity contribution in [1.82, 2.24) is 5.32 Å². The molecule has 25 heavy (non-hydrogen) atoms. The first kappa shape index (κ1) is 23.0. The maximum Gasteiger partial charge on any atom is 0.0695 e. The predicted octanol–water partition coefficient (Wildman–Crippen LogP) is 6.44. The average Bonchev–Trinajstić information content (AvgIpc) is 2.39. The number of ether oxygens (including phenoxy) is 1. The van der Waals surface area contributed by atoms with Gasteiger partial charge in [0.25, 0.3) is 0 Å². The summed E-state index contributed by atoms with van der Waals surface area (Å²) < 4.78 is 6.76. The minimum atomic E-state index is -0.145. The number of rotatable bonds is 4. The molecule has 0 bridgehead atoms. The van der Waals surface area contributed by atoms with Crippen molar-refractivity contribution in [3.8, 4) is 0 Å². The highest BCUT2D eigenvalue weighted by atomic mass is 16.5. The lowest BCUT2D eigenvalue weighted by atomic mass is 9.41. The molecule has 0 aliphatic heterocycles. The Labute approximate surface area is 158 Å². The minimum Gasteiger partial charge on any atom is -0.371 e. The van der Waals surface area contributed by atoms with Gasteiger partial charge in [-0.05, 0) is 62.7 Å². The van der Waals surface area contributed by atoms with Gasteiger partial charge in [-0.15, -0.1) is 0 Å². The van der Waals surface area contributed by atoms with Crippen LogP contribution in [0.1, 0.15) is 103 Å². The molecule has 1 aliphatic carbocycles. The fraction of sp³-hybridized carbons (Fsp3) is 1.00. The standard InChI is InChI=1S/C23H47NO/c1-15-19(5,6)24-16-20(7,8)22(11,12)17(25-18(2,3)4)23(13,14)21(16,9)10/h16-17,24H,15H2,1-14H3. The third kappa shape index (κ3) is 3.81. The van der Waals surface area contributed by atoms with Gasteiger partial charge in [0.15, 0.2) is 0 Å². The third-order valence-electron chi connectivity index (χ3n) is 7.97. The molecule has 0 radical (unpaired) electrons. The molecule has 0 aromatic carbocycles. The van der Waals surface area contributed by atoms with Crippen molar-refractivity contribution >= 4 is 0 Å². The zero-order chi connectivity index (χ0) is 20.3. The van der Waals surface area contributed by atoms with E-state index < -0.39 is 0 Å². The second-order valence-electron chi connectivity index (χ2n) is 12.3. The van der Waals surface area contributed by atoms with Crippen molar-refractivity contribution in [2.75, 3.05) is 0 Å². The Morgan fingerprint density at radius 3 is 1.36 bits per heavy atom. The Balaban J connectivity index is 3.53. The summed E-state index contributed by atoms with van der Waals surface area (Å²) in [5.41, 5.74) is 0.252. The predicted molar refractivity (Wildman–Crippen MR) is 111 cm³/mol. The molecule has 1 saturated carbocycles. The van der Waals surface area contributed by atoms with Gasteiger partial charge in [-0.1, -0.05) is 62.3 Å². The van der Waals surface area contributed by atoms with Crippen molar-refractivity contribution in [1.29, 1.82) is 0 Å². The van der Waals surface area contributed by atoms with Crippen LogP contribution >= 0.6 is 0 Å². The first-order valence-corrected chi connectivity index (χ1v) is 10.2. The Kier molecular flexibility index (Phi) is 5.72. The van der Waals surface area contributed by atoms with Gasteiger partial charge in [0, 0.05) is 11.6 Å². The fourth-order valence-corrected chi connectivity index (χ4v) is 4.73. The molecule has 150 valence electrons. The van der Waals surface area contributed by atoms with Crippen LogP contribution in [0.25, 0.3) is 0 Å². The molecule has 1 aliphatic rings. The summed E-state index contributed by atoms with van der Waals surface area (Å²) in [6.07, 6.45) is 1.31. The van der Waals surface area contributed by atoms with Crippen LogP contribution in [-0.2, 0) is 4.74 Å². The van der Waals surface area contributed by atoms with E-state index in [1.807, 2.05) is 0 Å². The molecule has 2 heteroatoms. The van der Waals surface area contributed by atoms with Crippen LogP contribution in [0.3, 0.4) is 0 Å². The third-order valence-corrected chi connectivity index (χ3v) is 7.97. The molecular weight excluding hydrogens is 306 g/mol. The topological polar surface area (TPSA) is 21.3 Å². The maximum atomic E-state index is 6.76. The Morgan fingerprint density at radius 2 is 1.08 bits per heavy atom. The largest absolute Gasteiger partial charge is 0.371 e. The Hall–Kier alpha value is -0.0800. The first-order chi connectivity index (χ1) is 10.7. The van der Waals surface area contributed by atoms with Gasteiger partial charge >= 0.3 is 0 Å². The molecule has 0 atom stereocenters. The molecule has 1 N–H and O–H groups in total. The van der Waals surface area contributed by atoms with Crippen LogP contribution in [0, 0.1) is 21.7 Å². The maximum absolute atomic E-state index is 6.76. The van der Waals surface area contributed by atoms with Crippen LogP contribution in [0.2, 0.25) is 0 Å². The molecular formula is C23H47NO. The van der Waals surface area contributed by atoms with Crippen LogP contribution in [0.4, 0.5) is 0 Å². The van der Waals surface area contributed by atoms with Gasteiger partial charge in [0.1, 0.15) is 0 Å². The van der Waals surface area contributed by atoms with Crippen molar-refractivity contribution < 1.29 is 4.74 Å². The van der Waals surface area contributed by atoms with E-state index in [1.54, 1.807) is 0 Å². The summed E-state index contributed by atoms with van der Waals surface area (Å²) in [7, 11) is 0. The number of hydrogen-bond donors (Lipinski definition) is 1. The van der Waals surface area contributed by atoms with Crippen molar-refractivity contribution in [2.45, 2.75) is 127 Å². The van der Waals surface area contributed by atoms with Crippen LogP contribution < -0.4 is 5.32 Å².